The quantitative estimate of drug-likeness (QED) is 0.244. The van der Waals surface area contributed by atoms with E-state index in [-0.39, 0.29) is 0 Å². The summed E-state index contributed by atoms with van der Waals surface area (Å²) in [5, 5.41) is 0. The summed E-state index contributed by atoms with van der Waals surface area (Å²) >= 11 is -2.09. The molecule has 0 saturated heterocycles. The second-order valence-electron chi connectivity index (χ2n) is 6.02. The van der Waals surface area contributed by atoms with Gasteiger partial charge in [-0.1, -0.05) is 0 Å². The van der Waals surface area contributed by atoms with Crippen molar-refractivity contribution in [3.63, 3.8) is 0 Å². The van der Waals surface area contributed by atoms with Gasteiger partial charge in [0.2, 0.25) is 0 Å². The molecule has 19 heavy (non-hydrogen) atoms. The Morgan fingerprint density at radius 3 is 1.63 bits per heavy atom. The zero-order chi connectivity index (χ0) is 14.6. The summed E-state index contributed by atoms with van der Waals surface area (Å²) < 4.78 is 6.38. The van der Waals surface area contributed by atoms with Crippen LogP contribution < -0.4 is 0 Å². The first-order valence-corrected chi connectivity index (χ1v) is 15.9. The summed E-state index contributed by atoms with van der Waals surface area (Å²) in [6.07, 6.45) is 12.8. The molecule has 0 aromatic rings. The number of rotatable bonds is 13. The summed E-state index contributed by atoms with van der Waals surface area (Å²) in [7, 11) is 0. The van der Waals surface area contributed by atoms with Gasteiger partial charge in [0.05, 0.1) is 0 Å². The van der Waals surface area contributed by atoms with Gasteiger partial charge >= 0.3 is 127 Å². The predicted octanol–water partition coefficient (Wildman–Crippen LogP) is 6.90. The van der Waals surface area contributed by atoms with Gasteiger partial charge in [-0.2, -0.15) is 0 Å². The third-order valence-electron chi connectivity index (χ3n) is 4.43. The second-order valence-corrected chi connectivity index (χ2v) is 19.6. The third-order valence-corrected chi connectivity index (χ3v) is 20.6. The Bertz CT molecular complexity index is 220. The Hall–Kier alpha value is 0.279. The van der Waals surface area contributed by atoms with Crippen molar-refractivity contribution in [2.45, 2.75) is 85.4 Å². The van der Waals surface area contributed by atoms with Crippen LogP contribution in [0.25, 0.3) is 0 Å². The molecule has 0 heterocycles. The molecule has 0 saturated carbocycles. The fraction of sp³-hybridized carbons (Fsp3) is 0.778. The van der Waals surface area contributed by atoms with Crippen molar-refractivity contribution in [3.05, 3.63) is 22.8 Å². The molecular formula is C18H36Sn. The summed E-state index contributed by atoms with van der Waals surface area (Å²) in [5.74, 6) is 0. The molecule has 0 amide bonds. The van der Waals surface area contributed by atoms with Gasteiger partial charge in [-0.3, -0.25) is 0 Å². The topological polar surface area (TPSA) is 0 Å². The molecule has 0 aliphatic carbocycles. The van der Waals surface area contributed by atoms with Crippen LogP contribution in [-0.2, 0) is 0 Å². The number of hydrogen-bond donors (Lipinski definition) is 0. The molecule has 0 aliphatic heterocycles. The molecule has 0 atom stereocenters. The summed E-state index contributed by atoms with van der Waals surface area (Å²) in [5.41, 5.74) is 0. The first-order chi connectivity index (χ1) is 9.16. The van der Waals surface area contributed by atoms with E-state index in [0.717, 1.165) is 6.42 Å². The first kappa shape index (κ1) is 19.3. The number of hydrogen-bond acceptors (Lipinski definition) is 0. The van der Waals surface area contributed by atoms with Crippen LogP contribution in [0.1, 0.15) is 72.1 Å². The van der Waals surface area contributed by atoms with E-state index in [0.29, 0.717) is 0 Å². The Balaban J connectivity index is 4.84. The molecule has 0 aromatic heterocycles. The van der Waals surface area contributed by atoms with Crippen LogP contribution in [0, 0.1) is 0 Å². The van der Waals surface area contributed by atoms with Gasteiger partial charge in [-0.05, 0) is 0 Å². The van der Waals surface area contributed by atoms with Gasteiger partial charge in [-0.15, -0.1) is 0 Å². The van der Waals surface area contributed by atoms with Gasteiger partial charge in [0.15, 0.2) is 0 Å². The first-order valence-electron chi connectivity index (χ1n) is 8.46. The van der Waals surface area contributed by atoms with Crippen LogP contribution in [0.4, 0.5) is 0 Å². The average Bonchev–Trinajstić information content (AvgIpc) is 2.44. The molecule has 0 fully saturated rings. The Labute approximate surface area is 126 Å². The van der Waals surface area contributed by atoms with Crippen molar-refractivity contribution in [2.24, 2.45) is 0 Å². The molecule has 0 unspecified atom stereocenters. The normalized spacial score (nSPS) is 11.5. The standard InChI is InChI=1S/C6H9.3C4H9.Sn/c1-3-5-6-4-2;3*1-3-4-2;/h3H,1-2,5-6H2;3*1,3-4H2,2H3;. The molecule has 0 radical (unpaired) electrons. The Morgan fingerprint density at radius 1 is 0.895 bits per heavy atom. The maximum atomic E-state index is 4.57. The van der Waals surface area contributed by atoms with Crippen LogP contribution in [0.2, 0.25) is 13.3 Å². The van der Waals surface area contributed by atoms with E-state index in [9.17, 15) is 0 Å². The molecule has 112 valence electrons. The molecular weight excluding hydrogens is 335 g/mol. The van der Waals surface area contributed by atoms with E-state index in [1.807, 2.05) is 0 Å². The van der Waals surface area contributed by atoms with Crippen LogP contribution >= 0.6 is 0 Å². The predicted molar refractivity (Wildman–Crippen MR) is 93.5 cm³/mol. The summed E-state index contributed by atoms with van der Waals surface area (Å²) in [6.45, 7) is 15.5. The van der Waals surface area contributed by atoms with Crippen molar-refractivity contribution in [1.82, 2.24) is 0 Å². The van der Waals surface area contributed by atoms with Gasteiger partial charge in [0, 0.05) is 0 Å². The minimum atomic E-state index is -2.09. The molecule has 0 aliphatic rings. The SMILES string of the molecule is C=CCC[C](=C)[Sn]([CH2]CCC)([CH2]CCC)[CH2]CCC. The second kappa shape index (κ2) is 12.1. The monoisotopic (exact) mass is 372 g/mol. The minimum absolute atomic E-state index is 1.14. The van der Waals surface area contributed by atoms with Crippen LogP contribution in [0.3, 0.4) is 0 Å². The molecule has 0 nitrogen and oxygen atoms in total. The molecule has 0 N–H and O–H groups in total. The molecule has 1 heteroatoms. The van der Waals surface area contributed by atoms with Gasteiger partial charge in [0.1, 0.15) is 0 Å². The molecule has 0 bridgehead atoms. The summed E-state index contributed by atoms with van der Waals surface area (Å²) in [6, 6.07) is 0. The Morgan fingerprint density at radius 2 is 1.32 bits per heavy atom. The van der Waals surface area contributed by atoms with E-state index in [1.54, 1.807) is 16.9 Å². The molecule has 0 aromatic carbocycles. The van der Waals surface area contributed by atoms with Crippen LogP contribution in [-0.4, -0.2) is 18.4 Å². The van der Waals surface area contributed by atoms with Crippen LogP contribution in [0.5, 0.6) is 0 Å². The van der Waals surface area contributed by atoms with Crippen LogP contribution in [0.15, 0.2) is 22.8 Å². The van der Waals surface area contributed by atoms with E-state index in [4.69, 9.17) is 0 Å². The molecule has 0 spiro atoms. The fourth-order valence-corrected chi connectivity index (χ4v) is 18.9. The van der Waals surface area contributed by atoms with Gasteiger partial charge in [0.25, 0.3) is 0 Å². The summed E-state index contributed by atoms with van der Waals surface area (Å²) in [4.78, 5) is 0. The van der Waals surface area contributed by atoms with Crippen molar-refractivity contribution < 1.29 is 0 Å². The molecule has 0 rings (SSSR count). The van der Waals surface area contributed by atoms with Gasteiger partial charge in [-0.25, -0.2) is 0 Å². The van der Waals surface area contributed by atoms with E-state index in [2.05, 4.69) is 40.0 Å². The van der Waals surface area contributed by atoms with Crippen molar-refractivity contribution in [2.75, 3.05) is 0 Å². The van der Waals surface area contributed by atoms with Crippen molar-refractivity contribution in [1.29, 1.82) is 0 Å². The maximum absolute atomic E-state index is 4.57. The van der Waals surface area contributed by atoms with Crippen molar-refractivity contribution >= 4 is 18.4 Å². The zero-order valence-corrected chi connectivity index (χ0v) is 16.6. The fourth-order valence-electron chi connectivity index (χ4n) is 2.99. The number of unbranched alkanes of at least 4 members (excludes halogenated alkanes) is 3. The van der Waals surface area contributed by atoms with E-state index in [1.165, 1.54) is 44.9 Å². The number of allylic oxidation sites excluding steroid dienone is 2. The van der Waals surface area contributed by atoms with E-state index < -0.39 is 18.4 Å². The third kappa shape index (κ3) is 7.58. The zero-order valence-electron chi connectivity index (χ0n) is 13.8. The van der Waals surface area contributed by atoms with Gasteiger partial charge < -0.3 is 0 Å². The van der Waals surface area contributed by atoms with E-state index >= 15 is 0 Å². The van der Waals surface area contributed by atoms with Crippen molar-refractivity contribution in [3.8, 4) is 0 Å². The average molecular weight is 371 g/mol. The Kier molecular flexibility index (Phi) is 12.2.